The third kappa shape index (κ3) is 2.98. The summed E-state index contributed by atoms with van der Waals surface area (Å²) in [5.74, 6) is -0.0855. The van der Waals surface area contributed by atoms with Crippen molar-refractivity contribution in [2.24, 2.45) is 5.92 Å². The molecule has 0 aliphatic rings. The maximum atomic E-state index is 11.7. The van der Waals surface area contributed by atoms with E-state index in [1.807, 2.05) is 27.7 Å². The van der Waals surface area contributed by atoms with Crippen molar-refractivity contribution in [3.8, 4) is 0 Å². The Morgan fingerprint density at radius 3 is 2.21 bits per heavy atom. The van der Waals surface area contributed by atoms with Crippen LogP contribution in [0, 0.1) is 5.92 Å². The molecule has 3 nitrogen and oxygen atoms in total. The summed E-state index contributed by atoms with van der Waals surface area (Å²) in [6, 6.07) is 0. The molecule has 3 heteroatoms. The van der Waals surface area contributed by atoms with Crippen molar-refractivity contribution in [1.82, 2.24) is 0 Å². The fraction of sp³-hybridized carbons (Fsp3) is 0.909. The Morgan fingerprint density at radius 2 is 1.86 bits per heavy atom. The molecule has 0 aromatic carbocycles. The Bertz CT molecular complexity index is 179. The van der Waals surface area contributed by atoms with Gasteiger partial charge >= 0.3 is 5.97 Å². The van der Waals surface area contributed by atoms with Gasteiger partial charge in [0.25, 0.3) is 0 Å². The molecule has 0 heterocycles. The minimum absolute atomic E-state index is 0.168. The van der Waals surface area contributed by atoms with Gasteiger partial charge in [-0.25, -0.2) is 4.79 Å². The first kappa shape index (κ1) is 13.4. The minimum Gasteiger partial charge on any atom is -0.464 e. The highest BCUT2D eigenvalue weighted by molar-refractivity contribution is 5.79. The van der Waals surface area contributed by atoms with Gasteiger partial charge in [0.2, 0.25) is 0 Å². The molecule has 0 bridgehead atoms. The quantitative estimate of drug-likeness (QED) is 0.620. The lowest BCUT2D eigenvalue weighted by molar-refractivity contribution is -0.176. The van der Waals surface area contributed by atoms with Gasteiger partial charge in [-0.15, -0.1) is 0 Å². The summed E-state index contributed by atoms with van der Waals surface area (Å²) in [7, 11) is 0. The Kier molecular flexibility index (Phi) is 5.77. The van der Waals surface area contributed by atoms with Gasteiger partial charge in [0.1, 0.15) is 0 Å². The molecule has 0 aromatic heterocycles. The van der Waals surface area contributed by atoms with Crippen LogP contribution in [0.3, 0.4) is 0 Å². The molecule has 0 radical (unpaired) electrons. The van der Waals surface area contributed by atoms with Crippen molar-refractivity contribution < 1.29 is 14.3 Å². The average Bonchev–Trinajstić information content (AvgIpc) is 2.17. The Labute approximate surface area is 86.8 Å². The van der Waals surface area contributed by atoms with E-state index in [0.29, 0.717) is 13.2 Å². The number of carbonyl (C=O) groups is 1. The molecule has 0 aliphatic carbocycles. The van der Waals surface area contributed by atoms with E-state index in [2.05, 4.69) is 0 Å². The Hall–Kier alpha value is -0.570. The zero-order chi connectivity index (χ0) is 11.2. The maximum absolute atomic E-state index is 11.7. The lowest BCUT2D eigenvalue weighted by atomic mass is 9.88. The van der Waals surface area contributed by atoms with Crippen LogP contribution in [0.5, 0.6) is 0 Å². The van der Waals surface area contributed by atoms with E-state index in [-0.39, 0.29) is 11.9 Å². The second-order valence-electron chi connectivity index (χ2n) is 3.57. The molecule has 84 valence electrons. The molecule has 14 heavy (non-hydrogen) atoms. The molecule has 0 fully saturated rings. The zero-order valence-corrected chi connectivity index (χ0v) is 9.92. The van der Waals surface area contributed by atoms with E-state index in [1.54, 1.807) is 6.92 Å². The van der Waals surface area contributed by atoms with Crippen LogP contribution in [0.4, 0.5) is 0 Å². The third-order valence-electron chi connectivity index (χ3n) is 2.68. The van der Waals surface area contributed by atoms with Crippen LogP contribution >= 0.6 is 0 Å². The van der Waals surface area contributed by atoms with Gasteiger partial charge in [-0.05, 0) is 26.7 Å². The second-order valence-corrected chi connectivity index (χ2v) is 3.57. The number of carbonyl (C=O) groups excluding carboxylic acids is 1. The number of hydrogen-bond acceptors (Lipinski definition) is 3. The van der Waals surface area contributed by atoms with Crippen LogP contribution in [0.25, 0.3) is 0 Å². The Morgan fingerprint density at radius 1 is 1.29 bits per heavy atom. The van der Waals surface area contributed by atoms with Crippen LogP contribution in [0.1, 0.15) is 41.0 Å². The maximum Gasteiger partial charge on any atom is 0.338 e. The number of rotatable bonds is 6. The van der Waals surface area contributed by atoms with Crippen LogP contribution in [-0.2, 0) is 14.3 Å². The van der Waals surface area contributed by atoms with Gasteiger partial charge in [0.05, 0.1) is 6.61 Å². The first-order valence-corrected chi connectivity index (χ1v) is 5.34. The number of hydrogen-bond donors (Lipinski definition) is 0. The summed E-state index contributed by atoms with van der Waals surface area (Å²) >= 11 is 0. The molecule has 0 amide bonds. The molecular weight excluding hydrogens is 180 g/mol. The van der Waals surface area contributed by atoms with Gasteiger partial charge in [-0.1, -0.05) is 20.3 Å². The lowest BCUT2D eigenvalue weighted by Crippen LogP contribution is -2.45. The predicted molar refractivity (Wildman–Crippen MR) is 56.1 cm³/mol. The zero-order valence-electron chi connectivity index (χ0n) is 9.92. The summed E-state index contributed by atoms with van der Waals surface area (Å²) in [4.78, 5) is 11.7. The van der Waals surface area contributed by atoms with Gasteiger partial charge in [-0.3, -0.25) is 0 Å². The number of ether oxygens (including phenoxy) is 2. The van der Waals surface area contributed by atoms with Gasteiger partial charge < -0.3 is 9.47 Å². The standard InChI is InChI=1S/C11H22O3/c1-6-9(4)11(5,14-8-3)10(12)13-7-2/h9H,6-8H2,1-5H3. The molecule has 2 atom stereocenters. The molecule has 0 spiro atoms. The molecule has 0 rings (SSSR count). The monoisotopic (exact) mass is 202 g/mol. The highest BCUT2D eigenvalue weighted by Gasteiger charge is 2.40. The van der Waals surface area contributed by atoms with E-state index < -0.39 is 5.60 Å². The van der Waals surface area contributed by atoms with Crippen molar-refractivity contribution in [1.29, 1.82) is 0 Å². The van der Waals surface area contributed by atoms with E-state index in [0.717, 1.165) is 6.42 Å². The van der Waals surface area contributed by atoms with E-state index in [1.165, 1.54) is 0 Å². The normalized spacial score (nSPS) is 17.2. The average molecular weight is 202 g/mol. The Balaban J connectivity index is 4.60. The molecular formula is C11H22O3. The third-order valence-corrected chi connectivity index (χ3v) is 2.68. The van der Waals surface area contributed by atoms with Crippen molar-refractivity contribution in [2.75, 3.05) is 13.2 Å². The SMILES string of the molecule is CCOC(=O)C(C)(OCC)C(C)CC. The van der Waals surface area contributed by atoms with E-state index in [9.17, 15) is 4.79 Å². The summed E-state index contributed by atoms with van der Waals surface area (Å²) < 4.78 is 10.5. The molecule has 0 aromatic rings. The highest BCUT2D eigenvalue weighted by Crippen LogP contribution is 2.26. The first-order valence-electron chi connectivity index (χ1n) is 5.34. The molecule has 0 aliphatic heterocycles. The summed E-state index contributed by atoms with van der Waals surface area (Å²) in [6.45, 7) is 10.5. The van der Waals surface area contributed by atoms with Crippen molar-refractivity contribution >= 4 is 5.97 Å². The van der Waals surface area contributed by atoms with Crippen molar-refractivity contribution in [2.45, 2.75) is 46.6 Å². The summed E-state index contributed by atoms with van der Waals surface area (Å²) in [5, 5.41) is 0. The van der Waals surface area contributed by atoms with E-state index >= 15 is 0 Å². The summed E-state index contributed by atoms with van der Waals surface area (Å²) in [5.41, 5.74) is -0.792. The largest absolute Gasteiger partial charge is 0.464 e. The van der Waals surface area contributed by atoms with Crippen LogP contribution in [-0.4, -0.2) is 24.8 Å². The lowest BCUT2D eigenvalue weighted by Gasteiger charge is -2.32. The van der Waals surface area contributed by atoms with Crippen LogP contribution < -0.4 is 0 Å². The van der Waals surface area contributed by atoms with Crippen LogP contribution in [0.2, 0.25) is 0 Å². The van der Waals surface area contributed by atoms with Crippen molar-refractivity contribution in [3.63, 3.8) is 0 Å². The smallest absolute Gasteiger partial charge is 0.338 e. The first-order chi connectivity index (χ1) is 6.52. The topological polar surface area (TPSA) is 35.5 Å². The second kappa shape index (κ2) is 6.02. The molecule has 2 unspecified atom stereocenters. The summed E-state index contributed by atoms with van der Waals surface area (Å²) in [6.07, 6.45) is 0.898. The fourth-order valence-electron chi connectivity index (χ4n) is 1.37. The predicted octanol–water partition coefficient (Wildman–Crippen LogP) is 2.39. The highest BCUT2D eigenvalue weighted by atomic mass is 16.6. The van der Waals surface area contributed by atoms with Gasteiger partial charge in [-0.2, -0.15) is 0 Å². The van der Waals surface area contributed by atoms with Crippen molar-refractivity contribution in [3.05, 3.63) is 0 Å². The molecule has 0 saturated carbocycles. The minimum atomic E-state index is -0.792. The van der Waals surface area contributed by atoms with Crippen LogP contribution in [0.15, 0.2) is 0 Å². The van der Waals surface area contributed by atoms with Gasteiger partial charge in [0, 0.05) is 6.61 Å². The fourth-order valence-corrected chi connectivity index (χ4v) is 1.37. The van der Waals surface area contributed by atoms with E-state index in [4.69, 9.17) is 9.47 Å². The van der Waals surface area contributed by atoms with Gasteiger partial charge in [0.15, 0.2) is 5.60 Å². The number of esters is 1. The molecule has 0 N–H and O–H groups in total. The molecule has 0 saturated heterocycles.